The highest BCUT2D eigenvalue weighted by Crippen LogP contribution is 2.33. The second kappa shape index (κ2) is 5.81. The summed E-state index contributed by atoms with van der Waals surface area (Å²) in [6, 6.07) is 17.1. The number of amides is 1. The molecule has 5 heteroatoms. The second-order valence-electron chi connectivity index (χ2n) is 6.06. The largest absolute Gasteiger partial charge is 0.351 e. The van der Waals surface area contributed by atoms with Crippen molar-refractivity contribution in [1.29, 1.82) is 10.5 Å². The molecule has 25 heavy (non-hydrogen) atoms. The van der Waals surface area contributed by atoms with E-state index in [-0.39, 0.29) is 5.91 Å². The molecule has 2 heterocycles. The van der Waals surface area contributed by atoms with Crippen molar-refractivity contribution in [2.24, 2.45) is 0 Å². The zero-order valence-corrected chi connectivity index (χ0v) is 13.4. The summed E-state index contributed by atoms with van der Waals surface area (Å²) in [4.78, 5) is 12.3. The average molecular weight is 326 g/mol. The SMILES string of the molecule is N#Cc1cccc(-c2cc(C#N)cc3cc4n(c23)CCCNC4=O)c1. The molecule has 4 rings (SSSR count). The topological polar surface area (TPSA) is 81.6 Å². The van der Waals surface area contributed by atoms with Gasteiger partial charge in [-0.15, -0.1) is 0 Å². The highest BCUT2D eigenvalue weighted by molar-refractivity contribution is 6.04. The first-order valence-electron chi connectivity index (χ1n) is 8.07. The van der Waals surface area contributed by atoms with E-state index in [4.69, 9.17) is 0 Å². The van der Waals surface area contributed by atoms with Gasteiger partial charge in [-0.1, -0.05) is 12.1 Å². The first-order valence-corrected chi connectivity index (χ1v) is 8.07. The number of fused-ring (bicyclic) bond motifs is 3. The number of nitriles is 2. The second-order valence-corrected chi connectivity index (χ2v) is 6.06. The summed E-state index contributed by atoms with van der Waals surface area (Å²) in [5.41, 5.74) is 4.37. The number of benzene rings is 2. The number of nitrogens with zero attached hydrogens (tertiary/aromatic N) is 3. The maximum absolute atomic E-state index is 12.3. The highest BCUT2D eigenvalue weighted by Gasteiger charge is 2.21. The van der Waals surface area contributed by atoms with Crippen molar-refractivity contribution in [1.82, 2.24) is 9.88 Å². The summed E-state index contributed by atoms with van der Waals surface area (Å²) in [6.07, 6.45) is 0.847. The minimum absolute atomic E-state index is 0.0936. The lowest BCUT2D eigenvalue weighted by atomic mass is 9.98. The van der Waals surface area contributed by atoms with Crippen LogP contribution in [0.25, 0.3) is 22.0 Å². The van der Waals surface area contributed by atoms with E-state index in [0.29, 0.717) is 23.4 Å². The Balaban J connectivity index is 2.07. The fraction of sp³-hybridized carbons (Fsp3) is 0.150. The molecule has 0 fully saturated rings. The molecule has 0 saturated heterocycles. The Labute approximate surface area is 144 Å². The maximum atomic E-state index is 12.3. The summed E-state index contributed by atoms with van der Waals surface area (Å²) >= 11 is 0. The molecule has 1 aliphatic heterocycles. The minimum Gasteiger partial charge on any atom is -0.351 e. The van der Waals surface area contributed by atoms with Gasteiger partial charge in [0, 0.05) is 24.0 Å². The predicted octanol–water partition coefficient (Wildman–Crippen LogP) is 3.19. The molecule has 0 bridgehead atoms. The third kappa shape index (κ3) is 2.43. The van der Waals surface area contributed by atoms with E-state index in [9.17, 15) is 15.3 Å². The van der Waals surface area contributed by atoms with Crippen molar-refractivity contribution < 1.29 is 4.79 Å². The number of aryl methyl sites for hydroxylation is 1. The third-order valence-corrected chi connectivity index (χ3v) is 4.50. The average Bonchev–Trinajstić information content (AvgIpc) is 2.93. The lowest BCUT2D eigenvalue weighted by Crippen LogP contribution is -2.22. The van der Waals surface area contributed by atoms with Crippen LogP contribution in [-0.4, -0.2) is 17.0 Å². The Bertz CT molecular complexity index is 1100. The Kier molecular flexibility index (Phi) is 3.48. The molecule has 0 saturated carbocycles. The number of rotatable bonds is 1. The van der Waals surface area contributed by atoms with Crippen LogP contribution in [0.5, 0.6) is 0 Å². The smallest absolute Gasteiger partial charge is 0.267 e. The molecule has 120 valence electrons. The van der Waals surface area contributed by atoms with Crippen LogP contribution >= 0.6 is 0 Å². The number of nitrogens with one attached hydrogen (secondary N) is 1. The number of carbonyl (C=O) groups excluding carboxylic acids is 1. The van der Waals surface area contributed by atoms with Crippen LogP contribution in [0.3, 0.4) is 0 Å². The van der Waals surface area contributed by atoms with Gasteiger partial charge < -0.3 is 9.88 Å². The molecule has 0 unspecified atom stereocenters. The van der Waals surface area contributed by atoms with Gasteiger partial charge in [-0.2, -0.15) is 10.5 Å². The summed E-state index contributed by atoms with van der Waals surface area (Å²) in [6.45, 7) is 1.38. The third-order valence-electron chi connectivity index (χ3n) is 4.50. The molecule has 0 aliphatic carbocycles. The van der Waals surface area contributed by atoms with Crippen LogP contribution in [0.15, 0.2) is 42.5 Å². The monoisotopic (exact) mass is 326 g/mol. The molecular formula is C20H14N4O. The normalized spacial score (nSPS) is 13.4. The van der Waals surface area contributed by atoms with Crippen LogP contribution in [-0.2, 0) is 6.54 Å². The Morgan fingerprint density at radius 3 is 2.68 bits per heavy atom. The van der Waals surface area contributed by atoms with Gasteiger partial charge in [0.2, 0.25) is 0 Å². The van der Waals surface area contributed by atoms with E-state index in [1.54, 1.807) is 6.07 Å². The van der Waals surface area contributed by atoms with E-state index in [2.05, 4.69) is 17.5 Å². The molecule has 2 aromatic carbocycles. The van der Waals surface area contributed by atoms with Crippen LogP contribution in [0.4, 0.5) is 0 Å². The van der Waals surface area contributed by atoms with Gasteiger partial charge in [-0.05, 0) is 42.3 Å². The standard InChI is InChI=1S/C20H14N4O/c21-11-13-3-1-4-15(7-13)17-9-14(12-22)8-16-10-18-20(25)23-5-2-6-24(18)19(16)17/h1,3-4,7-10H,2,5-6H2,(H,23,25). The van der Waals surface area contributed by atoms with Crippen molar-refractivity contribution in [2.75, 3.05) is 6.54 Å². The first kappa shape index (κ1) is 15.0. The number of carbonyl (C=O) groups is 1. The molecule has 0 atom stereocenters. The van der Waals surface area contributed by atoms with E-state index in [1.165, 1.54) is 0 Å². The van der Waals surface area contributed by atoms with E-state index in [0.717, 1.165) is 35.0 Å². The van der Waals surface area contributed by atoms with Crippen LogP contribution in [0.1, 0.15) is 28.0 Å². The quantitative estimate of drug-likeness (QED) is 0.745. The van der Waals surface area contributed by atoms with Gasteiger partial charge in [0.25, 0.3) is 5.91 Å². The van der Waals surface area contributed by atoms with Gasteiger partial charge in [0.1, 0.15) is 5.69 Å². The summed E-state index contributed by atoms with van der Waals surface area (Å²) in [7, 11) is 0. The van der Waals surface area contributed by atoms with Crippen LogP contribution in [0, 0.1) is 22.7 Å². The molecule has 3 aromatic rings. The summed E-state index contributed by atoms with van der Waals surface area (Å²) < 4.78 is 2.02. The van der Waals surface area contributed by atoms with Gasteiger partial charge in [-0.3, -0.25) is 4.79 Å². The Hall–Kier alpha value is -3.57. The Morgan fingerprint density at radius 2 is 1.88 bits per heavy atom. The van der Waals surface area contributed by atoms with E-state index in [1.807, 2.05) is 41.0 Å². The fourth-order valence-electron chi connectivity index (χ4n) is 3.40. The lowest BCUT2D eigenvalue weighted by Gasteiger charge is -2.11. The molecule has 1 aliphatic rings. The van der Waals surface area contributed by atoms with Crippen LogP contribution in [0.2, 0.25) is 0 Å². The molecular weight excluding hydrogens is 312 g/mol. The van der Waals surface area contributed by atoms with Crippen molar-refractivity contribution in [2.45, 2.75) is 13.0 Å². The molecule has 0 radical (unpaired) electrons. The summed E-state index contributed by atoms with van der Waals surface area (Å²) in [5, 5.41) is 22.3. The van der Waals surface area contributed by atoms with Crippen molar-refractivity contribution >= 4 is 16.8 Å². The molecule has 1 N–H and O–H groups in total. The Morgan fingerprint density at radius 1 is 1.04 bits per heavy atom. The van der Waals surface area contributed by atoms with Gasteiger partial charge in [0.15, 0.2) is 0 Å². The number of hydrogen-bond donors (Lipinski definition) is 1. The minimum atomic E-state index is -0.0936. The van der Waals surface area contributed by atoms with E-state index < -0.39 is 0 Å². The predicted molar refractivity (Wildman–Crippen MR) is 93.8 cm³/mol. The summed E-state index contributed by atoms with van der Waals surface area (Å²) in [5.74, 6) is -0.0936. The van der Waals surface area contributed by atoms with E-state index >= 15 is 0 Å². The number of aromatic nitrogens is 1. The number of hydrogen-bond acceptors (Lipinski definition) is 3. The van der Waals surface area contributed by atoms with Gasteiger partial charge in [0.05, 0.1) is 28.8 Å². The molecule has 1 amide bonds. The van der Waals surface area contributed by atoms with Gasteiger partial charge >= 0.3 is 0 Å². The lowest BCUT2D eigenvalue weighted by molar-refractivity contribution is 0.0951. The van der Waals surface area contributed by atoms with Crippen LogP contribution < -0.4 is 5.32 Å². The fourth-order valence-corrected chi connectivity index (χ4v) is 3.40. The van der Waals surface area contributed by atoms with Crippen molar-refractivity contribution in [3.05, 3.63) is 59.3 Å². The first-order chi connectivity index (χ1) is 12.2. The zero-order valence-electron chi connectivity index (χ0n) is 13.4. The molecule has 5 nitrogen and oxygen atoms in total. The van der Waals surface area contributed by atoms with Crippen molar-refractivity contribution in [3.63, 3.8) is 0 Å². The zero-order chi connectivity index (χ0) is 17.4. The molecule has 0 spiro atoms. The highest BCUT2D eigenvalue weighted by atomic mass is 16.1. The molecule has 1 aromatic heterocycles. The maximum Gasteiger partial charge on any atom is 0.267 e. The van der Waals surface area contributed by atoms with Gasteiger partial charge in [-0.25, -0.2) is 0 Å². The van der Waals surface area contributed by atoms with Crippen molar-refractivity contribution in [3.8, 4) is 23.3 Å².